The predicted molar refractivity (Wildman–Crippen MR) is 148 cm³/mol. The Morgan fingerprint density at radius 3 is 2.29 bits per heavy atom. The Labute approximate surface area is 228 Å². The Morgan fingerprint density at radius 1 is 0.868 bits per heavy atom. The van der Waals surface area contributed by atoms with E-state index in [-0.39, 0.29) is 0 Å². The zero-order valence-corrected chi connectivity index (χ0v) is 22.1. The average Bonchev–Trinajstić information content (AvgIpc) is 2.93. The van der Waals surface area contributed by atoms with Crippen LogP contribution in [0.4, 0.5) is 22.7 Å². The molecule has 0 aliphatic carbocycles. The van der Waals surface area contributed by atoms with Gasteiger partial charge in [0.15, 0.2) is 29.2 Å². The number of ether oxygens (including phenoxy) is 2. The Bertz CT molecular complexity index is 1530. The van der Waals surface area contributed by atoms with Gasteiger partial charge < -0.3 is 23.8 Å². The van der Waals surface area contributed by atoms with Crippen molar-refractivity contribution in [3.8, 4) is 23.0 Å². The van der Waals surface area contributed by atoms with E-state index in [1.165, 1.54) is 0 Å². The summed E-state index contributed by atoms with van der Waals surface area (Å²) in [6, 6.07) is 26.6. The number of para-hydroxylation sites is 5. The smallest absolute Gasteiger partial charge is 0.151 e. The molecule has 0 bridgehead atoms. The molecule has 0 saturated carbocycles. The molecular weight excluding hydrogens is 524 g/mol. The number of fused-ring (bicyclic) bond motifs is 4. The molecule has 2 atom stereocenters. The molecule has 4 aromatic carbocycles. The number of nitrogens with zero attached hydrogens (tertiary/aromatic N) is 2. The van der Waals surface area contributed by atoms with Crippen LogP contribution in [0, 0.1) is 0 Å². The van der Waals surface area contributed by atoms with Crippen LogP contribution in [0.5, 0.6) is 23.0 Å². The highest BCUT2D eigenvalue weighted by Gasteiger charge is 2.34. The van der Waals surface area contributed by atoms with Crippen LogP contribution in [0.2, 0.25) is 5.02 Å². The van der Waals surface area contributed by atoms with E-state index in [1.54, 1.807) is 6.07 Å². The van der Waals surface area contributed by atoms with Gasteiger partial charge in [0.2, 0.25) is 0 Å². The van der Waals surface area contributed by atoms with Crippen molar-refractivity contribution in [2.24, 2.45) is 0 Å². The van der Waals surface area contributed by atoms with Crippen molar-refractivity contribution in [2.75, 3.05) is 16.3 Å². The Balaban J connectivity index is 1.42. The number of benzene rings is 4. The van der Waals surface area contributed by atoms with Gasteiger partial charge in [0.25, 0.3) is 0 Å². The first-order valence-corrected chi connectivity index (χ1v) is 13.7. The van der Waals surface area contributed by atoms with Gasteiger partial charge in [-0.3, -0.25) is 4.18 Å². The lowest BCUT2D eigenvalue weighted by molar-refractivity contribution is 0.196. The summed E-state index contributed by atoms with van der Waals surface area (Å²) in [6.45, 7) is 2.49. The maximum atomic E-state index is 12.0. The van der Waals surface area contributed by atoms with Gasteiger partial charge in [-0.1, -0.05) is 54.9 Å². The van der Waals surface area contributed by atoms with E-state index in [9.17, 15) is 8.76 Å². The van der Waals surface area contributed by atoms with Gasteiger partial charge in [0, 0.05) is 18.0 Å². The Hall–Kier alpha value is -3.56. The number of hydrogen-bond donors (Lipinski definition) is 0. The zero-order chi connectivity index (χ0) is 26.2. The van der Waals surface area contributed by atoms with Crippen molar-refractivity contribution >= 4 is 45.7 Å². The molecule has 2 aliphatic heterocycles. The van der Waals surface area contributed by atoms with E-state index >= 15 is 0 Å². The van der Waals surface area contributed by atoms with Crippen LogP contribution >= 0.6 is 11.6 Å². The van der Waals surface area contributed by atoms with Gasteiger partial charge >= 0.3 is 0 Å². The van der Waals surface area contributed by atoms with Crippen molar-refractivity contribution in [3.63, 3.8) is 0 Å². The van der Waals surface area contributed by atoms with Crippen LogP contribution in [0.3, 0.4) is 0 Å². The second-order valence-electron chi connectivity index (χ2n) is 8.93. The lowest BCUT2D eigenvalue weighted by Crippen LogP contribution is -2.39. The van der Waals surface area contributed by atoms with E-state index in [0.29, 0.717) is 41.0 Å². The van der Waals surface area contributed by atoms with Crippen molar-refractivity contribution in [2.45, 2.75) is 26.0 Å². The minimum absolute atomic E-state index is 0.333. The molecule has 0 spiro atoms. The van der Waals surface area contributed by atoms with Gasteiger partial charge in [0.05, 0.1) is 34.1 Å². The maximum absolute atomic E-state index is 12.0. The molecule has 7 nitrogen and oxygen atoms in total. The first-order valence-electron chi connectivity index (χ1n) is 12.3. The van der Waals surface area contributed by atoms with E-state index in [4.69, 9.17) is 25.3 Å². The van der Waals surface area contributed by atoms with Crippen molar-refractivity contribution in [3.05, 3.63) is 95.5 Å². The second-order valence-corrected chi connectivity index (χ2v) is 9.97. The quantitative estimate of drug-likeness (QED) is 0.220. The minimum atomic E-state index is -2.76. The van der Waals surface area contributed by atoms with Crippen LogP contribution in [-0.4, -0.2) is 21.5 Å². The molecule has 0 fully saturated rings. The minimum Gasteiger partial charge on any atom is -0.750 e. The number of hydrogen-bond acceptors (Lipinski definition) is 7. The summed E-state index contributed by atoms with van der Waals surface area (Å²) >= 11 is 3.60. The molecule has 0 aromatic heterocycles. The first-order chi connectivity index (χ1) is 18.5. The Morgan fingerprint density at radius 2 is 1.53 bits per heavy atom. The molecule has 0 radical (unpaired) electrons. The molecule has 0 amide bonds. The first kappa shape index (κ1) is 24.8. The summed E-state index contributed by atoms with van der Waals surface area (Å²) in [4.78, 5) is 4.02. The number of halogens is 1. The fourth-order valence-corrected chi connectivity index (χ4v) is 5.61. The molecule has 194 valence electrons. The largest absolute Gasteiger partial charge is 0.750 e. The van der Waals surface area contributed by atoms with Crippen LogP contribution in [0.1, 0.15) is 18.9 Å². The van der Waals surface area contributed by atoms with E-state index in [0.717, 1.165) is 34.7 Å². The molecular formula is C29H24ClN2O5S-. The SMILES string of the molecule is CCc1cccc2c1N(C(CCN1c3ccccc3Oc3ccc(Cl)cc31)OS(=O)[O-])c1ccccc1O2. The topological polar surface area (TPSA) is 74.3 Å². The van der Waals surface area contributed by atoms with Crippen LogP contribution in [0.15, 0.2) is 84.9 Å². The summed E-state index contributed by atoms with van der Waals surface area (Å²) in [5.41, 5.74) is 4.23. The van der Waals surface area contributed by atoms with Crippen LogP contribution in [-0.2, 0) is 22.0 Å². The molecule has 38 heavy (non-hydrogen) atoms. The Kier molecular flexibility index (Phi) is 6.71. The lowest BCUT2D eigenvalue weighted by atomic mass is 10.0. The van der Waals surface area contributed by atoms with E-state index in [2.05, 4.69) is 11.8 Å². The third-order valence-corrected chi connectivity index (χ3v) is 7.33. The highest BCUT2D eigenvalue weighted by Crippen LogP contribution is 2.51. The molecule has 0 N–H and O–H groups in total. The number of anilines is 4. The van der Waals surface area contributed by atoms with E-state index < -0.39 is 17.6 Å². The maximum Gasteiger partial charge on any atom is 0.151 e. The standard InChI is InChI=1S/C29H25ClN2O5S/c1-2-19-8-7-13-27-29(19)32(22-10-4-6-12-25(22)36-27)28(37-38(33)34)16-17-31-21-9-3-5-11-24(21)35-26-15-14-20(30)18-23(26)31/h3-15,18,28H,2,16-17H2,1H3,(H,33,34)/p-1. The third kappa shape index (κ3) is 4.50. The van der Waals surface area contributed by atoms with Gasteiger partial charge in [-0.15, -0.1) is 0 Å². The highest BCUT2D eigenvalue weighted by molar-refractivity contribution is 7.74. The van der Waals surface area contributed by atoms with Crippen molar-refractivity contribution in [1.82, 2.24) is 0 Å². The summed E-state index contributed by atoms with van der Waals surface area (Å²) in [7, 11) is 0. The predicted octanol–water partition coefficient (Wildman–Crippen LogP) is 7.62. The zero-order valence-electron chi connectivity index (χ0n) is 20.5. The molecule has 6 rings (SSSR count). The summed E-state index contributed by atoms with van der Waals surface area (Å²) < 4.78 is 41.9. The van der Waals surface area contributed by atoms with Crippen molar-refractivity contribution < 1.29 is 22.4 Å². The molecule has 9 heteroatoms. The number of rotatable bonds is 7. The van der Waals surface area contributed by atoms with Gasteiger partial charge in [-0.2, -0.15) is 0 Å². The van der Waals surface area contributed by atoms with E-state index in [1.807, 2.05) is 83.8 Å². The second kappa shape index (κ2) is 10.3. The fourth-order valence-electron chi connectivity index (χ4n) is 5.08. The summed E-state index contributed by atoms with van der Waals surface area (Å²) in [6.07, 6.45) is 0.226. The molecule has 4 aromatic rings. The monoisotopic (exact) mass is 547 g/mol. The van der Waals surface area contributed by atoms with Crippen molar-refractivity contribution in [1.29, 1.82) is 0 Å². The normalized spacial score (nSPS) is 14.8. The molecule has 2 unspecified atom stereocenters. The van der Waals surface area contributed by atoms with Crippen LogP contribution < -0.4 is 19.3 Å². The summed E-state index contributed by atoms with van der Waals surface area (Å²) in [5, 5.41) is 0.578. The summed E-state index contributed by atoms with van der Waals surface area (Å²) in [5.74, 6) is 2.67. The van der Waals surface area contributed by atoms with Gasteiger partial charge in [0.1, 0.15) is 0 Å². The number of aryl methyl sites for hydroxylation is 1. The van der Waals surface area contributed by atoms with Crippen LogP contribution in [0.25, 0.3) is 0 Å². The van der Waals surface area contributed by atoms with Gasteiger partial charge in [-0.05, 0) is 60.5 Å². The molecule has 2 aliphatic rings. The molecule has 2 heterocycles. The lowest BCUT2D eigenvalue weighted by Gasteiger charge is -2.40. The average molecular weight is 548 g/mol. The molecule has 0 saturated heterocycles. The third-order valence-electron chi connectivity index (χ3n) is 6.71. The highest BCUT2D eigenvalue weighted by atomic mass is 35.5. The fraction of sp³-hybridized carbons (Fsp3) is 0.172. The van der Waals surface area contributed by atoms with Gasteiger partial charge in [-0.25, -0.2) is 4.21 Å².